The van der Waals surface area contributed by atoms with Crippen molar-refractivity contribution in [1.82, 2.24) is 0 Å². The number of rotatable bonds is 2. The number of anilines is 1. The molecule has 3 heteroatoms. The van der Waals surface area contributed by atoms with E-state index in [1.165, 1.54) is 0 Å². The molecule has 0 unspecified atom stereocenters. The Balaban J connectivity index is 2.27. The summed E-state index contributed by atoms with van der Waals surface area (Å²) in [4.78, 5) is 12.4. The number of nitrogens with one attached hydrogen (secondary N) is 1. The van der Waals surface area contributed by atoms with Crippen molar-refractivity contribution >= 4 is 11.6 Å². The fourth-order valence-electron chi connectivity index (χ4n) is 2.15. The van der Waals surface area contributed by atoms with Gasteiger partial charge in [-0.2, -0.15) is 0 Å². The molecule has 1 amide bonds. The minimum Gasteiger partial charge on any atom is -0.321 e. The van der Waals surface area contributed by atoms with Crippen LogP contribution in [0, 0.1) is 25.7 Å². The van der Waals surface area contributed by atoms with E-state index in [9.17, 15) is 4.79 Å². The number of amides is 1. The fraction of sp³-hybridized carbons (Fsp3) is 0.167. The number of hydrogen-bond acceptors (Lipinski definition) is 2. The Labute approximate surface area is 125 Å². The smallest absolute Gasteiger partial charge is 0.255 e. The second kappa shape index (κ2) is 6.74. The van der Waals surface area contributed by atoms with E-state index in [2.05, 4.69) is 17.2 Å². The van der Waals surface area contributed by atoms with Gasteiger partial charge in [0.25, 0.3) is 5.91 Å². The lowest BCUT2D eigenvalue weighted by Gasteiger charge is -2.09. The molecule has 0 atom stereocenters. The van der Waals surface area contributed by atoms with E-state index in [1.807, 2.05) is 56.3 Å². The van der Waals surface area contributed by atoms with Gasteiger partial charge >= 0.3 is 0 Å². The minimum absolute atomic E-state index is 0.135. The van der Waals surface area contributed by atoms with Gasteiger partial charge < -0.3 is 11.1 Å². The normalized spacial score (nSPS) is 9.67. The van der Waals surface area contributed by atoms with Gasteiger partial charge in [0.1, 0.15) is 0 Å². The van der Waals surface area contributed by atoms with Crippen LogP contribution in [0.3, 0.4) is 0 Å². The molecule has 0 aliphatic rings. The zero-order valence-electron chi connectivity index (χ0n) is 12.2. The minimum atomic E-state index is -0.135. The highest BCUT2D eigenvalue weighted by Crippen LogP contribution is 2.16. The summed E-state index contributed by atoms with van der Waals surface area (Å²) in [5.74, 6) is 5.63. The van der Waals surface area contributed by atoms with Crippen LogP contribution < -0.4 is 11.1 Å². The van der Waals surface area contributed by atoms with Gasteiger partial charge in [0.05, 0.1) is 12.2 Å². The number of para-hydroxylation sites is 1. The molecule has 0 fully saturated rings. The Morgan fingerprint density at radius 2 is 1.81 bits per heavy atom. The van der Waals surface area contributed by atoms with Gasteiger partial charge in [0.15, 0.2) is 0 Å². The predicted octanol–water partition coefficient (Wildman–Crippen LogP) is 2.87. The topological polar surface area (TPSA) is 55.1 Å². The number of hydrogen-bond donors (Lipinski definition) is 2. The summed E-state index contributed by atoms with van der Waals surface area (Å²) in [5, 5.41) is 2.91. The van der Waals surface area contributed by atoms with E-state index < -0.39 is 0 Å². The first-order valence-electron chi connectivity index (χ1n) is 6.78. The lowest BCUT2D eigenvalue weighted by Crippen LogP contribution is -2.13. The molecule has 0 aromatic heterocycles. The molecule has 0 heterocycles. The summed E-state index contributed by atoms with van der Waals surface area (Å²) in [7, 11) is 0. The molecule has 0 aliphatic carbocycles. The van der Waals surface area contributed by atoms with E-state index in [-0.39, 0.29) is 5.91 Å². The first kappa shape index (κ1) is 14.8. The molecule has 3 nitrogen and oxygen atoms in total. The monoisotopic (exact) mass is 278 g/mol. The molecule has 2 rings (SSSR count). The van der Waals surface area contributed by atoms with Gasteiger partial charge in [-0.3, -0.25) is 4.79 Å². The summed E-state index contributed by atoms with van der Waals surface area (Å²) < 4.78 is 0. The van der Waals surface area contributed by atoms with Crippen molar-refractivity contribution < 1.29 is 4.79 Å². The molecule has 0 spiro atoms. The van der Waals surface area contributed by atoms with Crippen molar-refractivity contribution in [1.29, 1.82) is 0 Å². The summed E-state index contributed by atoms with van der Waals surface area (Å²) in [6.45, 7) is 4.24. The van der Waals surface area contributed by atoms with Crippen LogP contribution in [0.25, 0.3) is 0 Å². The zero-order valence-corrected chi connectivity index (χ0v) is 12.2. The summed E-state index contributed by atoms with van der Waals surface area (Å²) in [6, 6.07) is 13.2. The highest BCUT2D eigenvalue weighted by atomic mass is 16.1. The van der Waals surface area contributed by atoms with E-state index in [4.69, 9.17) is 5.73 Å². The molecule has 21 heavy (non-hydrogen) atoms. The van der Waals surface area contributed by atoms with Crippen LogP contribution in [0.4, 0.5) is 5.69 Å². The van der Waals surface area contributed by atoms with Gasteiger partial charge in [-0.25, -0.2) is 0 Å². The standard InChI is InChI=1S/C18H18N2O/c1-13-10-14(2)12-16(11-13)18(21)20-17-8-4-3-6-15(17)7-5-9-19/h3-4,6,8,10-12H,9,19H2,1-2H3,(H,20,21). The Morgan fingerprint density at radius 1 is 1.14 bits per heavy atom. The Bertz CT molecular complexity index is 703. The number of nitrogens with two attached hydrogens (primary N) is 1. The van der Waals surface area contributed by atoms with Crippen LogP contribution in [0.15, 0.2) is 42.5 Å². The van der Waals surface area contributed by atoms with Gasteiger partial charge in [0, 0.05) is 11.1 Å². The Morgan fingerprint density at radius 3 is 2.48 bits per heavy atom. The van der Waals surface area contributed by atoms with Gasteiger partial charge in [-0.1, -0.05) is 41.2 Å². The van der Waals surface area contributed by atoms with Crippen molar-refractivity contribution in [2.75, 3.05) is 11.9 Å². The molecule has 0 saturated heterocycles. The third-order valence-electron chi connectivity index (χ3n) is 2.98. The van der Waals surface area contributed by atoms with E-state index in [1.54, 1.807) is 0 Å². The van der Waals surface area contributed by atoms with Crippen molar-refractivity contribution in [3.05, 3.63) is 64.7 Å². The van der Waals surface area contributed by atoms with Gasteiger partial charge in [-0.05, 0) is 38.1 Å². The van der Waals surface area contributed by atoms with Crippen LogP contribution in [0.1, 0.15) is 27.0 Å². The lowest BCUT2D eigenvalue weighted by atomic mass is 10.1. The van der Waals surface area contributed by atoms with Gasteiger partial charge in [0.2, 0.25) is 0 Å². The highest BCUT2D eigenvalue weighted by Gasteiger charge is 2.09. The van der Waals surface area contributed by atoms with Crippen LogP contribution >= 0.6 is 0 Å². The van der Waals surface area contributed by atoms with Crippen LogP contribution in [-0.4, -0.2) is 12.5 Å². The molecule has 2 aromatic rings. The first-order chi connectivity index (χ1) is 10.1. The van der Waals surface area contributed by atoms with E-state index in [0.717, 1.165) is 16.7 Å². The summed E-state index contributed by atoms with van der Waals surface area (Å²) in [5.41, 5.74) is 9.63. The average molecular weight is 278 g/mol. The molecular formula is C18H18N2O. The second-order valence-electron chi connectivity index (χ2n) is 4.88. The summed E-state index contributed by atoms with van der Waals surface area (Å²) in [6.07, 6.45) is 0. The third kappa shape index (κ3) is 3.95. The molecule has 0 radical (unpaired) electrons. The summed E-state index contributed by atoms with van der Waals surface area (Å²) >= 11 is 0. The predicted molar refractivity (Wildman–Crippen MR) is 86.2 cm³/mol. The third-order valence-corrected chi connectivity index (χ3v) is 2.98. The van der Waals surface area contributed by atoms with Crippen molar-refractivity contribution in [2.24, 2.45) is 5.73 Å². The molecule has 0 saturated carbocycles. The Hall–Kier alpha value is -2.57. The second-order valence-corrected chi connectivity index (χ2v) is 4.88. The van der Waals surface area contributed by atoms with Crippen LogP contribution in [0.2, 0.25) is 0 Å². The average Bonchev–Trinajstić information content (AvgIpc) is 2.45. The van der Waals surface area contributed by atoms with Crippen LogP contribution in [0.5, 0.6) is 0 Å². The molecule has 106 valence electrons. The first-order valence-corrected chi connectivity index (χ1v) is 6.78. The van der Waals surface area contributed by atoms with E-state index >= 15 is 0 Å². The van der Waals surface area contributed by atoms with Crippen molar-refractivity contribution in [3.8, 4) is 11.8 Å². The zero-order chi connectivity index (χ0) is 15.2. The fourth-order valence-corrected chi connectivity index (χ4v) is 2.15. The molecule has 3 N–H and O–H groups in total. The van der Waals surface area contributed by atoms with Gasteiger partial charge in [-0.15, -0.1) is 0 Å². The number of carbonyl (C=O) groups is 1. The largest absolute Gasteiger partial charge is 0.321 e. The maximum Gasteiger partial charge on any atom is 0.255 e. The van der Waals surface area contributed by atoms with Crippen molar-refractivity contribution in [3.63, 3.8) is 0 Å². The molecule has 2 aromatic carbocycles. The lowest BCUT2D eigenvalue weighted by molar-refractivity contribution is 0.102. The maximum atomic E-state index is 12.4. The van der Waals surface area contributed by atoms with E-state index in [0.29, 0.717) is 17.8 Å². The molecule has 0 aliphatic heterocycles. The number of benzene rings is 2. The highest BCUT2D eigenvalue weighted by molar-refractivity contribution is 6.05. The Kier molecular flexibility index (Phi) is 4.76. The maximum absolute atomic E-state index is 12.4. The molecule has 0 bridgehead atoms. The number of carbonyl (C=O) groups excluding carboxylic acids is 1. The number of aryl methyl sites for hydroxylation is 2. The molecular weight excluding hydrogens is 260 g/mol. The van der Waals surface area contributed by atoms with Crippen molar-refractivity contribution in [2.45, 2.75) is 13.8 Å². The van der Waals surface area contributed by atoms with Crippen LogP contribution in [-0.2, 0) is 0 Å². The quantitative estimate of drug-likeness (QED) is 0.830. The SMILES string of the molecule is Cc1cc(C)cc(C(=O)Nc2ccccc2C#CCN)c1.